The van der Waals surface area contributed by atoms with Crippen molar-refractivity contribution in [1.82, 2.24) is 20.6 Å². The van der Waals surface area contributed by atoms with Crippen molar-refractivity contribution in [3.63, 3.8) is 0 Å². The Balaban J connectivity index is 0.00000261. The van der Waals surface area contributed by atoms with Crippen LogP contribution in [0.3, 0.4) is 0 Å². The molecule has 0 unspecified atom stereocenters. The largest absolute Gasteiger partial charge is 0.356 e. The Morgan fingerprint density at radius 2 is 1.85 bits per heavy atom. The summed E-state index contributed by atoms with van der Waals surface area (Å²) < 4.78 is 0. The third kappa shape index (κ3) is 6.25. The average Bonchev–Trinajstić information content (AvgIpc) is 3.25. The van der Waals surface area contributed by atoms with Gasteiger partial charge in [0, 0.05) is 35.8 Å². The summed E-state index contributed by atoms with van der Waals surface area (Å²) in [6.07, 6.45) is 0.898. The molecule has 0 radical (unpaired) electrons. The second-order valence-corrected chi connectivity index (χ2v) is 8.07. The van der Waals surface area contributed by atoms with Crippen molar-refractivity contribution >= 4 is 52.6 Å². The number of nitrogens with zero attached hydrogens (tertiary/aromatic N) is 3. The van der Waals surface area contributed by atoms with Gasteiger partial charge in [-0.15, -0.1) is 46.7 Å². The smallest absolute Gasteiger partial charge is 0.191 e. The maximum absolute atomic E-state index is 4.69. The summed E-state index contributed by atoms with van der Waals surface area (Å²) in [7, 11) is 1.78. The number of hydrogen-bond donors (Lipinski definition) is 2. The van der Waals surface area contributed by atoms with Gasteiger partial charge in [-0.05, 0) is 13.8 Å². The summed E-state index contributed by atoms with van der Waals surface area (Å²) in [4.78, 5) is 14.8. The van der Waals surface area contributed by atoms with E-state index in [0.717, 1.165) is 45.9 Å². The molecule has 144 valence electrons. The first-order valence-electron chi connectivity index (χ1n) is 8.53. The van der Waals surface area contributed by atoms with Crippen LogP contribution in [0.5, 0.6) is 0 Å². The first kappa shape index (κ1) is 21.8. The molecule has 1 aromatic carbocycles. The van der Waals surface area contributed by atoms with Gasteiger partial charge in [0.05, 0.1) is 22.9 Å². The fourth-order valence-electron chi connectivity index (χ4n) is 2.45. The molecule has 8 heteroatoms. The summed E-state index contributed by atoms with van der Waals surface area (Å²) in [6, 6.07) is 10.2. The van der Waals surface area contributed by atoms with Gasteiger partial charge in [-0.1, -0.05) is 30.3 Å². The van der Waals surface area contributed by atoms with E-state index in [4.69, 9.17) is 4.98 Å². The van der Waals surface area contributed by atoms with E-state index in [1.165, 1.54) is 4.88 Å². The molecule has 0 fully saturated rings. The summed E-state index contributed by atoms with van der Waals surface area (Å²) in [5, 5.41) is 11.0. The molecule has 0 bridgehead atoms. The van der Waals surface area contributed by atoms with Crippen LogP contribution in [-0.4, -0.2) is 29.5 Å². The molecular formula is C19H24IN5S2. The first-order chi connectivity index (χ1) is 12.7. The van der Waals surface area contributed by atoms with Crippen molar-refractivity contribution in [1.29, 1.82) is 0 Å². The number of aliphatic imine (C=N–C) groups is 1. The predicted octanol–water partition coefficient (Wildman–Crippen LogP) is 4.41. The number of aryl methyl sites for hydroxylation is 2. The van der Waals surface area contributed by atoms with E-state index >= 15 is 0 Å². The molecule has 27 heavy (non-hydrogen) atoms. The van der Waals surface area contributed by atoms with E-state index in [-0.39, 0.29) is 24.0 Å². The lowest BCUT2D eigenvalue weighted by molar-refractivity contribution is 0.788. The molecule has 0 aliphatic rings. The van der Waals surface area contributed by atoms with Crippen LogP contribution in [0.25, 0.3) is 11.3 Å². The Morgan fingerprint density at radius 1 is 1.07 bits per heavy atom. The van der Waals surface area contributed by atoms with Gasteiger partial charge < -0.3 is 10.6 Å². The minimum atomic E-state index is 0. The topological polar surface area (TPSA) is 62.2 Å². The highest BCUT2D eigenvalue weighted by Crippen LogP contribution is 2.21. The van der Waals surface area contributed by atoms with Crippen molar-refractivity contribution in [2.24, 2.45) is 4.99 Å². The van der Waals surface area contributed by atoms with E-state index in [1.54, 1.807) is 29.7 Å². The molecule has 2 heterocycles. The Morgan fingerprint density at radius 3 is 2.52 bits per heavy atom. The molecule has 0 spiro atoms. The molecule has 0 amide bonds. The fourth-order valence-corrected chi connectivity index (χ4v) is 4.12. The third-order valence-corrected chi connectivity index (χ3v) is 5.94. The molecule has 0 saturated carbocycles. The van der Waals surface area contributed by atoms with E-state index in [0.29, 0.717) is 6.54 Å². The van der Waals surface area contributed by atoms with Crippen LogP contribution in [0.1, 0.15) is 20.6 Å². The van der Waals surface area contributed by atoms with E-state index in [9.17, 15) is 0 Å². The quantitative estimate of drug-likeness (QED) is 0.291. The monoisotopic (exact) mass is 513 g/mol. The Bertz CT molecular complexity index is 854. The lowest BCUT2D eigenvalue weighted by Gasteiger charge is -2.10. The van der Waals surface area contributed by atoms with Crippen molar-refractivity contribution < 1.29 is 0 Å². The standard InChI is InChI=1S/C19H23N5S2.HI/c1-13-14(2)26-17(23-13)9-10-21-19(20-3)22-11-18-24-16(12-25-18)15-7-5-4-6-8-15;/h4-8,12H,9-11H2,1-3H3,(H2,20,21,22);1H. The van der Waals surface area contributed by atoms with Gasteiger partial charge in [0.25, 0.3) is 0 Å². The van der Waals surface area contributed by atoms with Crippen molar-refractivity contribution in [2.75, 3.05) is 13.6 Å². The Labute approximate surface area is 185 Å². The van der Waals surface area contributed by atoms with E-state index in [2.05, 4.69) is 52.0 Å². The number of halogens is 1. The zero-order valence-electron chi connectivity index (χ0n) is 15.7. The number of hydrogen-bond acceptors (Lipinski definition) is 5. The number of guanidine groups is 1. The average molecular weight is 513 g/mol. The van der Waals surface area contributed by atoms with Crippen LogP contribution in [0.4, 0.5) is 0 Å². The van der Waals surface area contributed by atoms with Crippen LogP contribution < -0.4 is 10.6 Å². The van der Waals surface area contributed by atoms with Crippen LogP contribution in [0.15, 0.2) is 40.7 Å². The minimum absolute atomic E-state index is 0. The van der Waals surface area contributed by atoms with Crippen LogP contribution in [0, 0.1) is 13.8 Å². The van der Waals surface area contributed by atoms with Crippen LogP contribution >= 0.6 is 46.7 Å². The molecule has 3 rings (SSSR count). The second-order valence-electron chi connectivity index (χ2n) is 5.84. The highest BCUT2D eigenvalue weighted by atomic mass is 127. The van der Waals surface area contributed by atoms with Crippen LogP contribution in [-0.2, 0) is 13.0 Å². The number of benzene rings is 1. The van der Waals surface area contributed by atoms with Gasteiger partial charge in [-0.2, -0.15) is 0 Å². The van der Waals surface area contributed by atoms with Crippen molar-refractivity contribution in [3.05, 3.63) is 56.3 Å². The highest BCUT2D eigenvalue weighted by Gasteiger charge is 2.06. The summed E-state index contributed by atoms with van der Waals surface area (Å²) in [5.41, 5.74) is 3.29. The maximum atomic E-state index is 4.69. The highest BCUT2D eigenvalue weighted by molar-refractivity contribution is 14.0. The predicted molar refractivity (Wildman–Crippen MR) is 126 cm³/mol. The van der Waals surface area contributed by atoms with Crippen LogP contribution in [0.2, 0.25) is 0 Å². The maximum Gasteiger partial charge on any atom is 0.191 e. The van der Waals surface area contributed by atoms with E-state index < -0.39 is 0 Å². The molecule has 3 aromatic rings. The summed E-state index contributed by atoms with van der Waals surface area (Å²) in [5.74, 6) is 0.784. The van der Waals surface area contributed by atoms with E-state index in [1.807, 2.05) is 18.2 Å². The molecule has 0 saturated heterocycles. The van der Waals surface area contributed by atoms with Crippen molar-refractivity contribution in [2.45, 2.75) is 26.8 Å². The fraction of sp³-hybridized carbons (Fsp3) is 0.316. The van der Waals surface area contributed by atoms with Gasteiger partial charge in [-0.25, -0.2) is 9.97 Å². The minimum Gasteiger partial charge on any atom is -0.356 e. The third-order valence-electron chi connectivity index (χ3n) is 3.96. The summed E-state index contributed by atoms with van der Waals surface area (Å²) >= 11 is 3.42. The first-order valence-corrected chi connectivity index (χ1v) is 10.2. The van der Waals surface area contributed by atoms with Gasteiger partial charge in [0.15, 0.2) is 5.96 Å². The Hall–Kier alpha value is -1.52. The lowest BCUT2D eigenvalue weighted by atomic mass is 10.2. The Kier molecular flexibility index (Phi) is 8.65. The SMILES string of the molecule is CN=C(NCCc1nc(C)c(C)s1)NCc1nc(-c2ccccc2)cs1.I. The van der Waals surface area contributed by atoms with Gasteiger partial charge >= 0.3 is 0 Å². The number of nitrogens with one attached hydrogen (secondary N) is 2. The number of aromatic nitrogens is 2. The van der Waals surface area contributed by atoms with Gasteiger partial charge in [0.2, 0.25) is 0 Å². The second kappa shape index (κ2) is 10.7. The van der Waals surface area contributed by atoms with Gasteiger partial charge in [0.1, 0.15) is 5.01 Å². The molecule has 0 atom stereocenters. The number of thiazole rings is 2. The number of rotatable bonds is 6. The molecule has 2 N–H and O–H groups in total. The lowest BCUT2D eigenvalue weighted by Crippen LogP contribution is -2.37. The molecule has 0 aliphatic carbocycles. The normalized spacial score (nSPS) is 11.1. The zero-order chi connectivity index (χ0) is 18.4. The summed E-state index contributed by atoms with van der Waals surface area (Å²) in [6.45, 7) is 5.63. The van der Waals surface area contributed by atoms with Crippen molar-refractivity contribution in [3.8, 4) is 11.3 Å². The molecule has 2 aromatic heterocycles. The molecule has 5 nitrogen and oxygen atoms in total. The zero-order valence-corrected chi connectivity index (χ0v) is 19.6. The molecule has 0 aliphatic heterocycles. The molecular weight excluding hydrogens is 489 g/mol. The van der Waals surface area contributed by atoms with Gasteiger partial charge in [-0.3, -0.25) is 4.99 Å².